The van der Waals surface area contributed by atoms with E-state index >= 15 is 0 Å². The van der Waals surface area contributed by atoms with Crippen LogP contribution in [0.4, 0.5) is 0 Å². The molecule has 0 amide bonds. The van der Waals surface area contributed by atoms with Gasteiger partial charge in [-0.05, 0) is 45.9 Å². The van der Waals surface area contributed by atoms with Crippen LogP contribution in [0.3, 0.4) is 0 Å². The van der Waals surface area contributed by atoms with Crippen molar-refractivity contribution in [2.45, 2.75) is 39.8 Å². The van der Waals surface area contributed by atoms with Gasteiger partial charge in [0.15, 0.2) is 0 Å². The number of hydrogen-bond acceptors (Lipinski definition) is 4. The molecule has 0 N–H and O–H groups in total. The number of carbonyl (C=O) groups excluding carboxylic acids is 2. The van der Waals surface area contributed by atoms with Crippen molar-refractivity contribution < 1.29 is 19.1 Å². The van der Waals surface area contributed by atoms with E-state index in [0.717, 1.165) is 5.39 Å². The minimum atomic E-state index is -0.609. The van der Waals surface area contributed by atoms with Crippen molar-refractivity contribution in [1.29, 1.82) is 0 Å². The summed E-state index contributed by atoms with van der Waals surface area (Å²) in [7, 11) is 0. The van der Waals surface area contributed by atoms with E-state index in [1.807, 2.05) is 6.07 Å². The fourth-order valence-corrected chi connectivity index (χ4v) is 2.89. The van der Waals surface area contributed by atoms with Gasteiger partial charge in [0.2, 0.25) is 0 Å². The highest BCUT2D eigenvalue weighted by Crippen LogP contribution is 2.33. The van der Waals surface area contributed by atoms with Crippen LogP contribution in [0.15, 0.2) is 24.3 Å². The molecule has 0 saturated carbocycles. The first kappa shape index (κ1) is 20.3. The molecule has 26 heavy (non-hydrogen) atoms. The van der Waals surface area contributed by atoms with Gasteiger partial charge in [0, 0.05) is 17.2 Å². The third kappa shape index (κ3) is 5.02. The Bertz CT molecular complexity index is 863. The van der Waals surface area contributed by atoms with Gasteiger partial charge < -0.3 is 14.0 Å². The minimum Gasteiger partial charge on any atom is -0.463 e. The number of benzene rings is 1. The Labute approximate surface area is 162 Å². The average Bonchev–Trinajstić information content (AvgIpc) is 2.86. The smallest absolute Gasteiger partial charge is 0.330 e. The highest BCUT2D eigenvalue weighted by atomic mass is 35.5. The van der Waals surface area contributed by atoms with E-state index in [0.29, 0.717) is 21.3 Å². The molecule has 140 valence electrons. The van der Waals surface area contributed by atoms with E-state index in [4.69, 9.17) is 32.7 Å². The Morgan fingerprint density at radius 3 is 2.54 bits per heavy atom. The van der Waals surface area contributed by atoms with Crippen molar-refractivity contribution >= 4 is 52.1 Å². The Balaban J connectivity index is 2.48. The second-order valence-corrected chi connectivity index (χ2v) is 7.41. The number of halogens is 2. The van der Waals surface area contributed by atoms with Gasteiger partial charge in [-0.15, -0.1) is 0 Å². The van der Waals surface area contributed by atoms with E-state index in [1.165, 1.54) is 6.08 Å². The number of carbonyl (C=O) groups is 2. The van der Waals surface area contributed by atoms with Crippen molar-refractivity contribution in [3.8, 4) is 0 Å². The molecular weight excluding hydrogens is 377 g/mol. The van der Waals surface area contributed by atoms with Crippen molar-refractivity contribution in [3.63, 3.8) is 0 Å². The average molecular weight is 398 g/mol. The van der Waals surface area contributed by atoms with Crippen LogP contribution in [0.2, 0.25) is 10.0 Å². The largest absolute Gasteiger partial charge is 0.463 e. The summed E-state index contributed by atoms with van der Waals surface area (Å²) in [6, 6.07) is 5.30. The predicted octanol–water partition coefficient (Wildman–Crippen LogP) is 4.87. The Morgan fingerprint density at radius 2 is 1.92 bits per heavy atom. The molecule has 1 aromatic carbocycles. The molecular formula is C19H21Cl2NO4. The van der Waals surface area contributed by atoms with Gasteiger partial charge in [-0.25, -0.2) is 4.79 Å². The summed E-state index contributed by atoms with van der Waals surface area (Å²) in [6.45, 7) is 7.33. The lowest BCUT2D eigenvalue weighted by Gasteiger charge is -2.20. The standard InChI is InChI=1S/C19H21Cl2NO4/c1-5-25-15(23)9-7-13-10-12-6-8-14(20)17(21)18(12)22(13)11-16(24)26-19(2,3)4/h6-10H,5,11H2,1-4H3/b9-7+. The maximum absolute atomic E-state index is 12.3. The summed E-state index contributed by atoms with van der Waals surface area (Å²) in [5.74, 6) is -0.887. The van der Waals surface area contributed by atoms with Crippen LogP contribution in [0.25, 0.3) is 17.0 Å². The lowest BCUT2D eigenvalue weighted by atomic mass is 10.2. The van der Waals surface area contributed by atoms with E-state index in [1.54, 1.807) is 50.5 Å². The van der Waals surface area contributed by atoms with Crippen molar-refractivity contribution in [2.75, 3.05) is 6.61 Å². The van der Waals surface area contributed by atoms with Gasteiger partial charge >= 0.3 is 11.9 Å². The van der Waals surface area contributed by atoms with Gasteiger partial charge in [-0.2, -0.15) is 0 Å². The zero-order valence-electron chi connectivity index (χ0n) is 15.1. The van der Waals surface area contributed by atoms with E-state index in [9.17, 15) is 9.59 Å². The molecule has 0 aliphatic rings. The highest BCUT2D eigenvalue weighted by molar-refractivity contribution is 6.45. The number of esters is 2. The topological polar surface area (TPSA) is 57.5 Å². The molecule has 0 fully saturated rings. The number of rotatable bonds is 5. The molecule has 0 spiro atoms. The summed E-state index contributed by atoms with van der Waals surface area (Å²) in [6.07, 6.45) is 2.88. The van der Waals surface area contributed by atoms with Gasteiger partial charge in [0.05, 0.1) is 22.2 Å². The summed E-state index contributed by atoms with van der Waals surface area (Å²) in [5, 5.41) is 1.51. The molecule has 0 saturated heterocycles. The molecule has 0 bridgehead atoms. The summed E-state index contributed by atoms with van der Waals surface area (Å²) in [5.41, 5.74) is 0.610. The van der Waals surface area contributed by atoms with Crippen molar-refractivity contribution in [1.82, 2.24) is 4.57 Å². The SMILES string of the molecule is CCOC(=O)/C=C/c1cc2ccc(Cl)c(Cl)c2n1CC(=O)OC(C)(C)C. The maximum atomic E-state index is 12.3. The van der Waals surface area contributed by atoms with Crippen LogP contribution in [0.1, 0.15) is 33.4 Å². The third-order valence-corrected chi connectivity index (χ3v) is 4.16. The minimum absolute atomic E-state index is 0.0661. The predicted molar refractivity (Wildman–Crippen MR) is 103 cm³/mol. The summed E-state index contributed by atoms with van der Waals surface area (Å²) in [4.78, 5) is 23.9. The lowest BCUT2D eigenvalue weighted by molar-refractivity contribution is -0.155. The molecule has 0 aliphatic heterocycles. The maximum Gasteiger partial charge on any atom is 0.330 e. The van der Waals surface area contributed by atoms with E-state index < -0.39 is 17.5 Å². The van der Waals surface area contributed by atoms with Crippen LogP contribution in [0.5, 0.6) is 0 Å². The zero-order chi connectivity index (χ0) is 19.5. The molecule has 1 aromatic heterocycles. The van der Waals surface area contributed by atoms with E-state index in [-0.39, 0.29) is 13.2 Å². The Morgan fingerprint density at radius 1 is 1.23 bits per heavy atom. The molecule has 5 nitrogen and oxygen atoms in total. The molecule has 0 aliphatic carbocycles. The second-order valence-electron chi connectivity index (χ2n) is 6.63. The van der Waals surface area contributed by atoms with Crippen LogP contribution in [0, 0.1) is 0 Å². The van der Waals surface area contributed by atoms with Crippen molar-refractivity contribution in [3.05, 3.63) is 40.0 Å². The number of nitrogens with zero attached hydrogens (tertiary/aromatic N) is 1. The molecule has 7 heteroatoms. The number of aromatic nitrogens is 1. The quantitative estimate of drug-likeness (QED) is 0.533. The van der Waals surface area contributed by atoms with Crippen molar-refractivity contribution in [2.24, 2.45) is 0 Å². The Kier molecular flexibility index (Phi) is 6.37. The number of fused-ring (bicyclic) bond motifs is 1. The molecule has 2 aromatic rings. The summed E-state index contributed by atoms with van der Waals surface area (Å²) >= 11 is 12.5. The van der Waals surface area contributed by atoms with Gasteiger partial charge in [-0.3, -0.25) is 4.79 Å². The molecule has 1 heterocycles. The molecule has 0 unspecified atom stereocenters. The fraction of sp³-hybridized carbons (Fsp3) is 0.368. The summed E-state index contributed by atoms with van der Waals surface area (Å²) < 4.78 is 12.0. The zero-order valence-corrected chi connectivity index (χ0v) is 16.6. The first-order valence-electron chi connectivity index (χ1n) is 8.16. The second kappa shape index (κ2) is 8.14. The van der Waals surface area contributed by atoms with Crippen LogP contribution in [-0.4, -0.2) is 28.7 Å². The number of hydrogen-bond donors (Lipinski definition) is 0. The van der Waals surface area contributed by atoms with Crippen LogP contribution in [-0.2, 0) is 25.6 Å². The van der Waals surface area contributed by atoms with Crippen LogP contribution >= 0.6 is 23.2 Å². The number of ether oxygens (including phenoxy) is 2. The highest BCUT2D eigenvalue weighted by Gasteiger charge is 2.20. The Hall–Kier alpha value is -1.98. The molecule has 0 atom stereocenters. The van der Waals surface area contributed by atoms with E-state index in [2.05, 4.69) is 0 Å². The first-order valence-corrected chi connectivity index (χ1v) is 8.92. The third-order valence-electron chi connectivity index (χ3n) is 3.37. The first-order chi connectivity index (χ1) is 12.1. The normalized spacial score (nSPS) is 11.9. The van der Waals surface area contributed by atoms with Gasteiger partial charge in [0.25, 0.3) is 0 Å². The van der Waals surface area contributed by atoms with Crippen LogP contribution < -0.4 is 0 Å². The molecule has 0 radical (unpaired) electrons. The van der Waals surface area contributed by atoms with Gasteiger partial charge in [0.1, 0.15) is 12.1 Å². The molecule has 2 rings (SSSR count). The van der Waals surface area contributed by atoms with Gasteiger partial charge in [-0.1, -0.05) is 29.3 Å². The fourth-order valence-electron chi connectivity index (χ4n) is 2.47. The monoisotopic (exact) mass is 397 g/mol. The lowest BCUT2D eigenvalue weighted by Crippen LogP contribution is -2.26.